The van der Waals surface area contributed by atoms with Crippen LogP contribution in [0.5, 0.6) is 0 Å². The molecule has 0 radical (unpaired) electrons. The van der Waals surface area contributed by atoms with Gasteiger partial charge in [0.1, 0.15) is 0 Å². The lowest BCUT2D eigenvalue weighted by atomic mass is 9.99. The van der Waals surface area contributed by atoms with Gasteiger partial charge in [-0.3, -0.25) is 32.1 Å². The molecule has 0 aromatic heterocycles. The first-order valence-electron chi connectivity index (χ1n) is 5.34. The second-order valence-corrected chi connectivity index (χ2v) is 3.73. The van der Waals surface area contributed by atoms with E-state index in [1.165, 1.54) is 0 Å². The highest BCUT2D eigenvalue weighted by atomic mass is 16.5. The van der Waals surface area contributed by atoms with Gasteiger partial charge in [0.2, 0.25) is 0 Å². The fraction of sp³-hybridized carbons (Fsp3) is 0.364. The third-order valence-corrected chi connectivity index (χ3v) is 2.73. The zero-order valence-corrected chi connectivity index (χ0v) is 9.91. The molecule has 1 rings (SSSR count). The van der Waals surface area contributed by atoms with E-state index in [0.717, 1.165) is 12.0 Å². The van der Waals surface area contributed by atoms with Crippen molar-refractivity contribution in [3.05, 3.63) is 23.6 Å². The maximum absolute atomic E-state index is 9.16. The molecular formula is C11H18N3O3+. The molecule has 0 aliphatic rings. The number of unbranched alkanes of at least 4 members (excludes halogenated alkanes) is 1. The van der Waals surface area contributed by atoms with E-state index >= 15 is 0 Å². The fourth-order valence-electron chi connectivity index (χ4n) is 1.75. The summed E-state index contributed by atoms with van der Waals surface area (Å²) in [5.74, 6) is 0. The summed E-state index contributed by atoms with van der Waals surface area (Å²) in [4.78, 5) is 0. The smallest absolute Gasteiger partial charge is 0.0914 e. The summed E-state index contributed by atoms with van der Waals surface area (Å²) in [5, 5.41) is 27.2. The van der Waals surface area contributed by atoms with Gasteiger partial charge in [-0.05, 0) is 13.0 Å². The highest BCUT2D eigenvalue weighted by Crippen LogP contribution is 2.34. The molecule has 0 spiro atoms. The molecule has 0 atom stereocenters. The molecule has 0 unspecified atom stereocenters. The Balaban J connectivity index is 3.27. The van der Waals surface area contributed by atoms with Crippen LogP contribution in [0, 0.1) is 13.3 Å². The SMILES string of the molecule is C[CH+]CCc1c(NO)cc(NO)c(C)c1NO. The van der Waals surface area contributed by atoms with Crippen LogP contribution in [-0.4, -0.2) is 15.6 Å². The first-order valence-corrected chi connectivity index (χ1v) is 5.34. The first-order chi connectivity index (χ1) is 8.19. The predicted octanol–water partition coefficient (Wildman–Crippen LogP) is 2.56. The van der Waals surface area contributed by atoms with Gasteiger partial charge in [0.15, 0.2) is 0 Å². The minimum atomic E-state index is 0.405. The van der Waals surface area contributed by atoms with E-state index in [4.69, 9.17) is 15.6 Å². The van der Waals surface area contributed by atoms with Crippen LogP contribution >= 0.6 is 0 Å². The van der Waals surface area contributed by atoms with Crippen LogP contribution in [0.3, 0.4) is 0 Å². The van der Waals surface area contributed by atoms with Crippen molar-refractivity contribution in [2.24, 2.45) is 0 Å². The summed E-state index contributed by atoms with van der Waals surface area (Å²) in [7, 11) is 0. The van der Waals surface area contributed by atoms with Crippen LogP contribution in [-0.2, 0) is 6.42 Å². The second-order valence-electron chi connectivity index (χ2n) is 3.73. The maximum atomic E-state index is 9.16. The third-order valence-electron chi connectivity index (χ3n) is 2.73. The van der Waals surface area contributed by atoms with Gasteiger partial charge in [-0.2, -0.15) is 0 Å². The Bertz CT molecular complexity index is 383. The molecule has 0 bridgehead atoms. The van der Waals surface area contributed by atoms with Crippen LogP contribution in [0.25, 0.3) is 0 Å². The zero-order chi connectivity index (χ0) is 12.8. The van der Waals surface area contributed by atoms with Crippen LogP contribution in [0.15, 0.2) is 6.07 Å². The van der Waals surface area contributed by atoms with Crippen molar-refractivity contribution in [1.29, 1.82) is 0 Å². The summed E-state index contributed by atoms with van der Waals surface area (Å²) in [6.07, 6.45) is 3.47. The summed E-state index contributed by atoms with van der Waals surface area (Å²) < 4.78 is 0. The number of hydrogen-bond donors (Lipinski definition) is 6. The molecular weight excluding hydrogens is 222 g/mol. The Labute approximate surface area is 100 Å². The van der Waals surface area contributed by atoms with Gasteiger partial charge in [0.25, 0.3) is 0 Å². The Morgan fingerprint density at radius 3 is 2.24 bits per heavy atom. The zero-order valence-electron chi connectivity index (χ0n) is 9.91. The lowest BCUT2D eigenvalue weighted by molar-refractivity contribution is 0.380. The molecule has 0 heterocycles. The minimum Gasteiger partial charge on any atom is -0.291 e. The van der Waals surface area contributed by atoms with Crippen molar-refractivity contribution in [2.45, 2.75) is 26.7 Å². The lowest BCUT2D eigenvalue weighted by Gasteiger charge is -2.17. The van der Waals surface area contributed by atoms with Crippen molar-refractivity contribution in [3.63, 3.8) is 0 Å². The van der Waals surface area contributed by atoms with Gasteiger partial charge in [-0.25, -0.2) is 0 Å². The Hall–Kier alpha value is -1.63. The van der Waals surface area contributed by atoms with Crippen molar-refractivity contribution >= 4 is 17.1 Å². The minimum absolute atomic E-state index is 0.405. The van der Waals surface area contributed by atoms with Crippen molar-refractivity contribution in [3.8, 4) is 0 Å². The van der Waals surface area contributed by atoms with E-state index in [9.17, 15) is 0 Å². The van der Waals surface area contributed by atoms with Gasteiger partial charge in [0, 0.05) is 17.5 Å². The van der Waals surface area contributed by atoms with E-state index in [1.807, 2.05) is 18.8 Å². The van der Waals surface area contributed by atoms with Gasteiger partial charge in [-0.15, -0.1) is 0 Å². The summed E-state index contributed by atoms with van der Waals surface area (Å²) in [6, 6.07) is 1.57. The molecule has 0 saturated heterocycles. The largest absolute Gasteiger partial charge is 0.291 e. The average molecular weight is 240 g/mol. The van der Waals surface area contributed by atoms with E-state index in [1.54, 1.807) is 13.0 Å². The molecule has 1 aromatic rings. The van der Waals surface area contributed by atoms with E-state index in [2.05, 4.69) is 11.0 Å². The van der Waals surface area contributed by atoms with Crippen LogP contribution in [0.1, 0.15) is 24.5 Å². The van der Waals surface area contributed by atoms with Gasteiger partial charge in [0.05, 0.1) is 36.8 Å². The number of nitrogens with one attached hydrogen (secondary N) is 3. The van der Waals surface area contributed by atoms with Crippen LogP contribution in [0.4, 0.5) is 17.1 Å². The summed E-state index contributed by atoms with van der Waals surface area (Å²) in [5.41, 5.74) is 8.93. The molecule has 0 amide bonds. The Kier molecular flexibility index (Phi) is 4.89. The Morgan fingerprint density at radius 1 is 1.12 bits per heavy atom. The van der Waals surface area contributed by atoms with E-state index < -0.39 is 0 Å². The number of rotatable bonds is 6. The first kappa shape index (κ1) is 13.4. The molecule has 0 saturated carbocycles. The maximum Gasteiger partial charge on any atom is 0.0914 e. The van der Waals surface area contributed by atoms with Crippen molar-refractivity contribution in [1.82, 2.24) is 0 Å². The summed E-state index contributed by atoms with van der Waals surface area (Å²) >= 11 is 0. The number of hydrogen-bond acceptors (Lipinski definition) is 6. The van der Waals surface area contributed by atoms with Gasteiger partial charge < -0.3 is 0 Å². The number of benzene rings is 1. The quantitative estimate of drug-likeness (QED) is 0.338. The van der Waals surface area contributed by atoms with Crippen molar-refractivity contribution < 1.29 is 15.6 Å². The van der Waals surface area contributed by atoms with E-state index in [-0.39, 0.29) is 0 Å². The normalized spacial score (nSPS) is 9.94. The van der Waals surface area contributed by atoms with Gasteiger partial charge >= 0.3 is 0 Å². The second kappa shape index (κ2) is 6.19. The molecule has 1 aromatic carbocycles. The molecule has 17 heavy (non-hydrogen) atoms. The highest BCUT2D eigenvalue weighted by Gasteiger charge is 2.15. The fourth-order valence-corrected chi connectivity index (χ4v) is 1.75. The van der Waals surface area contributed by atoms with Crippen molar-refractivity contribution in [2.75, 3.05) is 16.4 Å². The molecule has 6 heteroatoms. The predicted molar refractivity (Wildman–Crippen MR) is 65.7 cm³/mol. The standard InChI is InChI=1S/C11H18N3O3/c1-3-4-5-8-10(13-16)6-9(12-15)7(2)11(8)14-17/h3,6,12-17H,4-5H2,1-2H3/q+1. The molecule has 0 fully saturated rings. The number of anilines is 3. The third kappa shape index (κ3) is 2.73. The molecule has 6 N–H and O–H groups in total. The molecule has 0 aliphatic heterocycles. The molecule has 6 nitrogen and oxygen atoms in total. The molecule has 0 aliphatic carbocycles. The van der Waals surface area contributed by atoms with Crippen LogP contribution < -0.4 is 16.4 Å². The molecule has 94 valence electrons. The topological polar surface area (TPSA) is 96.8 Å². The monoisotopic (exact) mass is 240 g/mol. The van der Waals surface area contributed by atoms with Gasteiger partial charge in [-0.1, -0.05) is 0 Å². The highest BCUT2D eigenvalue weighted by molar-refractivity contribution is 5.76. The van der Waals surface area contributed by atoms with E-state index in [0.29, 0.717) is 29.0 Å². The van der Waals surface area contributed by atoms with Crippen LogP contribution in [0.2, 0.25) is 0 Å². The Morgan fingerprint density at radius 2 is 1.76 bits per heavy atom. The summed E-state index contributed by atoms with van der Waals surface area (Å²) in [6.45, 7) is 3.69. The average Bonchev–Trinajstić information content (AvgIpc) is 2.36. The lowest BCUT2D eigenvalue weighted by Crippen LogP contribution is -2.07.